The molecule has 2 heterocycles. The Morgan fingerprint density at radius 3 is 1.58 bits per heavy atom. The van der Waals surface area contributed by atoms with Gasteiger partial charge in [0.05, 0.1) is 17.0 Å². The van der Waals surface area contributed by atoms with Crippen LogP contribution in [0.3, 0.4) is 0 Å². The maximum Gasteiger partial charge on any atom is 0.164 e. The Morgan fingerprint density at radius 2 is 0.909 bits per heavy atom. The maximum absolute atomic E-state index is 9.55. The molecule has 55 heavy (non-hydrogen) atoms. The summed E-state index contributed by atoms with van der Waals surface area (Å²) in [6.45, 7) is 4.64. The third-order valence-electron chi connectivity index (χ3n) is 11.3. The molecule has 0 radical (unpaired) electrons. The molecule has 0 fully saturated rings. The largest absolute Gasteiger partial charge is 0.457 e. The average Bonchev–Trinajstić information content (AvgIpc) is 3.25. The van der Waals surface area contributed by atoms with Crippen LogP contribution in [0.2, 0.25) is 0 Å². The molecule has 5 heteroatoms. The van der Waals surface area contributed by atoms with Gasteiger partial charge in [0.25, 0.3) is 0 Å². The van der Waals surface area contributed by atoms with Crippen LogP contribution < -0.4 is 4.74 Å². The minimum absolute atomic E-state index is 0.347. The number of aromatic nitrogens is 3. The van der Waals surface area contributed by atoms with E-state index in [1.807, 2.05) is 84.9 Å². The van der Waals surface area contributed by atoms with Gasteiger partial charge in [-0.05, 0) is 69.8 Å². The third-order valence-corrected chi connectivity index (χ3v) is 11.3. The van der Waals surface area contributed by atoms with E-state index in [2.05, 4.69) is 105 Å². The van der Waals surface area contributed by atoms with Crippen molar-refractivity contribution in [2.75, 3.05) is 0 Å². The second-order valence-electron chi connectivity index (χ2n) is 14.7. The molecule has 10 rings (SSSR count). The summed E-state index contributed by atoms with van der Waals surface area (Å²) in [5.41, 5.74) is 11.5. The van der Waals surface area contributed by atoms with Gasteiger partial charge in [-0.15, -0.1) is 0 Å². The molecule has 0 bridgehead atoms. The SMILES string of the molecule is CC1(C)c2ccccc2C2(c3ccccc3Oc3ccccc32)c2ccc(-c3nc(-c4ccccc4)nc(-c4cccc(-c5cccc(C#N)c5)c4)n3)cc21. The average molecular weight is 707 g/mol. The van der Waals surface area contributed by atoms with Crippen LogP contribution in [0, 0.1) is 11.3 Å². The third kappa shape index (κ3) is 5.03. The van der Waals surface area contributed by atoms with E-state index >= 15 is 0 Å². The van der Waals surface area contributed by atoms with Crippen LogP contribution in [-0.4, -0.2) is 15.0 Å². The summed E-state index contributed by atoms with van der Waals surface area (Å²) in [5, 5.41) is 9.55. The predicted octanol–water partition coefficient (Wildman–Crippen LogP) is 11.5. The van der Waals surface area contributed by atoms with Crippen molar-refractivity contribution in [3.05, 3.63) is 209 Å². The van der Waals surface area contributed by atoms with E-state index in [1.165, 1.54) is 22.3 Å². The zero-order valence-electron chi connectivity index (χ0n) is 30.4. The van der Waals surface area contributed by atoms with Crippen molar-refractivity contribution in [1.82, 2.24) is 15.0 Å². The summed E-state index contributed by atoms with van der Waals surface area (Å²) >= 11 is 0. The Morgan fingerprint density at radius 1 is 0.418 bits per heavy atom. The molecule has 0 N–H and O–H groups in total. The Kier molecular flexibility index (Phi) is 7.37. The quantitative estimate of drug-likeness (QED) is 0.182. The van der Waals surface area contributed by atoms with E-state index in [0.29, 0.717) is 23.0 Å². The molecule has 0 saturated carbocycles. The van der Waals surface area contributed by atoms with E-state index in [9.17, 15) is 5.26 Å². The number of hydrogen-bond donors (Lipinski definition) is 0. The maximum atomic E-state index is 9.55. The molecule has 2 aliphatic rings. The van der Waals surface area contributed by atoms with Crippen LogP contribution in [0.1, 0.15) is 52.8 Å². The molecule has 5 nitrogen and oxygen atoms in total. The Balaban J connectivity index is 1.20. The molecule has 260 valence electrons. The molecule has 1 aromatic heterocycles. The molecule has 0 saturated heterocycles. The van der Waals surface area contributed by atoms with Crippen LogP contribution in [0.4, 0.5) is 0 Å². The minimum atomic E-state index is -0.603. The highest BCUT2D eigenvalue weighted by molar-refractivity contribution is 5.78. The number of rotatable bonds is 4. The molecule has 0 unspecified atom stereocenters. The molecule has 1 spiro atoms. The van der Waals surface area contributed by atoms with Crippen LogP contribution >= 0.6 is 0 Å². The number of benzene rings is 7. The molecular weight excluding hydrogens is 673 g/mol. The van der Waals surface area contributed by atoms with Gasteiger partial charge in [-0.3, -0.25) is 0 Å². The zero-order chi connectivity index (χ0) is 37.1. The number of nitrogens with zero attached hydrogens (tertiary/aromatic N) is 4. The van der Waals surface area contributed by atoms with Crippen molar-refractivity contribution in [2.24, 2.45) is 0 Å². The fraction of sp³-hybridized carbons (Fsp3) is 0.0800. The van der Waals surface area contributed by atoms with Gasteiger partial charge in [0.1, 0.15) is 11.5 Å². The molecule has 7 aromatic carbocycles. The van der Waals surface area contributed by atoms with Crippen molar-refractivity contribution in [3.8, 4) is 62.9 Å². The van der Waals surface area contributed by atoms with Crippen molar-refractivity contribution >= 4 is 0 Å². The zero-order valence-corrected chi connectivity index (χ0v) is 30.4. The van der Waals surface area contributed by atoms with Crippen molar-refractivity contribution in [1.29, 1.82) is 5.26 Å². The molecule has 1 aliphatic heterocycles. The normalized spacial score (nSPS) is 14.1. The highest BCUT2D eigenvalue weighted by Crippen LogP contribution is 2.61. The second-order valence-corrected chi connectivity index (χ2v) is 14.7. The smallest absolute Gasteiger partial charge is 0.164 e. The van der Waals surface area contributed by atoms with E-state index in [1.54, 1.807) is 0 Å². The standard InChI is InChI=1S/C50H34N4O/c1-49(2)38-20-6-7-21-39(38)50(41-22-8-10-24-44(41)55-45-25-11-9-23-42(45)50)40-27-26-37(30-43(40)49)48-53-46(33-15-4-3-5-16-33)52-47(54-48)36-19-13-18-35(29-36)34-17-12-14-32(28-34)31-51/h3-30H,1-2H3. The monoisotopic (exact) mass is 706 g/mol. The lowest BCUT2D eigenvalue weighted by molar-refractivity contribution is 0.425. The van der Waals surface area contributed by atoms with Crippen molar-refractivity contribution in [2.45, 2.75) is 24.7 Å². The molecular formula is C50H34N4O. The first-order valence-electron chi connectivity index (χ1n) is 18.5. The van der Waals surface area contributed by atoms with Crippen LogP contribution in [0.15, 0.2) is 170 Å². The van der Waals surface area contributed by atoms with Crippen LogP contribution in [0.25, 0.3) is 45.3 Å². The first-order valence-corrected chi connectivity index (χ1v) is 18.5. The van der Waals surface area contributed by atoms with Gasteiger partial charge in [0.2, 0.25) is 0 Å². The first-order chi connectivity index (χ1) is 26.9. The fourth-order valence-corrected chi connectivity index (χ4v) is 8.70. The summed E-state index contributed by atoms with van der Waals surface area (Å²) in [6, 6.07) is 60.7. The fourth-order valence-electron chi connectivity index (χ4n) is 8.70. The van der Waals surface area contributed by atoms with Gasteiger partial charge >= 0.3 is 0 Å². The molecule has 0 amide bonds. The lowest BCUT2D eigenvalue weighted by Crippen LogP contribution is -2.43. The number of hydrogen-bond acceptors (Lipinski definition) is 5. The highest BCUT2D eigenvalue weighted by atomic mass is 16.5. The molecule has 1 aliphatic carbocycles. The second kappa shape index (κ2) is 12.5. The topological polar surface area (TPSA) is 71.7 Å². The van der Waals surface area contributed by atoms with E-state index < -0.39 is 5.41 Å². The number of fused-ring (bicyclic) bond motifs is 8. The van der Waals surface area contributed by atoms with E-state index in [4.69, 9.17) is 19.7 Å². The molecule has 0 atom stereocenters. The Bertz CT molecular complexity index is 2810. The first kappa shape index (κ1) is 32.5. The number of para-hydroxylation sites is 2. The van der Waals surface area contributed by atoms with Crippen LogP contribution in [0.5, 0.6) is 11.5 Å². The predicted molar refractivity (Wildman–Crippen MR) is 217 cm³/mol. The van der Waals surface area contributed by atoms with Gasteiger partial charge < -0.3 is 4.74 Å². The summed E-state index contributed by atoms with van der Waals surface area (Å²) in [7, 11) is 0. The minimum Gasteiger partial charge on any atom is -0.457 e. The van der Waals surface area contributed by atoms with Gasteiger partial charge in [0, 0.05) is 33.2 Å². The highest BCUT2D eigenvalue weighted by Gasteiger charge is 2.52. The van der Waals surface area contributed by atoms with Crippen molar-refractivity contribution in [3.63, 3.8) is 0 Å². The summed E-state index contributed by atoms with van der Waals surface area (Å²) in [6.07, 6.45) is 0. The van der Waals surface area contributed by atoms with Gasteiger partial charge in [-0.1, -0.05) is 147 Å². The van der Waals surface area contributed by atoms with Crippen molar-refractivity contribution < 1.29 is 4.74 Å². The number of ether oxygens (including phenoxy) is 1. The van der Waals surface area contributed by atoms with Crippen LogP contribution in [-0.2, 0) is 10.8 Å². The lowest BCUT2D eigenvalue weighted by atomic mass is 9.53. The lowest BCUT2D eigenvalue weighted by Gasteiger charge is -2.50. The summed E-state index contributed by atoms with van der Waals surface area (Å²) < 4.78 is 6.60. The Labute approximate surface area is 320 Å². The summed E-state index contributed by atoms with van der Waals surface area (Å²) in [5.74, 6) is 3.50. The van der Waals surface area contributed by atoms with Gasteiger partial charge in [-0.25, -0.2) is 15.0 Å². The van der Waals surface area contributed by atoms with E-state index in [-0.39, 0.29) is 5.41 Å². The summed E-state index contributed by atoms with van der Waals surface area (Å²) in [4.78, 5) is 15.4. The van der Waals surface area contributed by atoms with E-state index in [0.717, 1.165) is 50.4 Å². The Hall–Kier alpha value is -7.16. The van der Waals surface area contributed by atoms with Gasteiger partial charge in [0.15, 0.2) is 17.5 Å². The molecule has 8 aromatic rings. The number of nitriles is 1. The van der Waals surface area contributed by atoms with Gasteiger partial charge in [-0.2, -0.15) is 5.26 Å².